The SMILES string of the molecule is C[C@H]1CCCN(CN2CCC[C@H](C)C2)C1. The van der Waals surface area contributed by atoms with Crippen LogP contribution in [0.2, 0.25) is 0 Å². The summed E-state index contributed by atoms with van der Waals surface area (Å²) in [5.41, 5.74) is 0. The highest BCUT2D eigenvalue weighted by Gasteiger charge is 2.21. The van der Waals surface area contributed by atoms with Crippen molar-refractivity contribution >= 4 is 0 Å². The van der Waals surface area contributed by atoms with E-state index in [0.29, 0.717) is 0 Å². The smallest absolute Gasteiger partial charge is 0.0506 e. The van der Waals surface area contributed by atoms with Gasteiger partial charge in [0.25, 0.3) is 0 Å². The van der Waals surface area contributed by atoms with Crippen molar-refractivity contribution < 1.29 is 0 Å². The Morgan fingerprint density at radius 1 is 0.867 bits per heavy atom. The van der Waals surface area contributed by atoms with Gasteiger partial charge in [-0.05, 0) is 50.6 Å². The minimum atomic E-state index is 0.918. The molecule has 0 unspecified atom stereocenters. The van der Waals surface area contributed by atoms with Crippen LogP contribution >= 0.6 is 0 Å². The monoisotopic (exact) mass is 210 g/mol. The standard InChI is InChI=1S/C13H26N2/c1-12-5-3-7-14(9-12)11-15-8-4-6-13(2)10-15/h12-13H,3-11H2,1-2H3/t12-,13-/m0/s1. The van der Waals surface area contributed by atoms with Gasteiger partial charge in [-0.15, -0.1) is 0 Å². The highest BCUT2D eigenvalue weighted by molar-refractivity contribution is 4.74. The van der Waals surface area contributed by atoms with Crippen LogP contribution in [0.1, 0.15) is 39.5 Å². The summed E-state index contributed by atoms with van der Waals surface area (Å²) in [6.07, 6.45) is 5.69. The summed E-state index contributed by atoms with van der Waals surface area (Å²) in [4.78, 5) is 5.32. The van der Waals surface area contributed by atoms with Gasteiger partial charge < -0.3 is 0 Å². The molecule has 2 nitrogen and oxygen atoms in total. The fourth-order valence-electron chi connectivity index (χ4n) is 3.11. The van der Waals surface area contributed by atoms with Gasteiger partial charge in [0.1, 0.15) is 0 Å². The quantitative estimate of drug-likeness (QED) is 0.690. The van der Waals surface area contributed by atoms with Crippen molar-refractivity contribution in [3.8, 4) is 0 Å². The first-order chi connectivity index (χ1) is 7.24. The van der Waals surface area contributed by atoms with Crippen LogP contribution in [0.5, 0.6) is 0 Å². The lowest BCUT2D eigenvalue weighted by atomic mass is 9.99. The van der Waals surface area contributed by atoms with Crippen molar-refractivity contribution in [3.63, 3.8) is 0 Å². The third-order valence-corrected chi connectivity index (χ3v) is 3.88. The second-order valence-electron chi connectivity index (χ2n) is 5.79. The molecule has 2 atom stereocenters. The van der Waals surface area contributed by atoms with E-state index in [1.54, 1.807) is 0 Å². The summed E-state index contributed by atoms with van der Waals surface area (Å²) < 4.78 is 0. The highest BCUT2D eigenvalue weighted by Crippen LogP contribution is 2.19. The summed E-state index contributed by atoms with van der Waals surface area (Å²) in [5, 5.41) is 0. The lowest BCUT2D eigenvalue weighted by molar-refractivity contribution is 0.0670. The third-order valence-electron chi connectivity index (χ3n) is 3.88. The Balaban J connectivity index is 1.75. The van der Waals surface area contributed by atoms with Crippen LogP contribution in [0.4, 0.5) is 0 Å². The third kappa shape index (κ3) is 3.46. The molecule has 0 bridgehead atoms. The maximum Gasteiger partial charge on any atom is 0.0506 e. The maximum absolute atomic E-state index is 2.66. The number of hydrogen-bond acceptors (Lipinski definition) is 2. The summed E-state index contributed by atoms with van der Waals surface area (Å²) in [5.74, 6) is 1.84. The van der Waals surface area contributed by atoms with Crippen LogP contribution < -0.4 is 0 Å². The van der Waals surface area contributed by atoms with Gasteiger partial charge >= 0.3 is 0 Å². The summed E-state index contributed by atoms with van der Waals surface area (Å²) in [6.45, 7) is 11.3. The first-order valence-electron chi connectivity index (χ1n) is 6.69. The van der Waals surface area contributed by atoms with Gasteiger partial charge in [0.2, 0.25) is 0 Å². The largest absolute Gasteiger partial charge is 0.290 e. The molecule has 88 valence electrons. The molecule has 0 radical (unpaired) electrons. The average molecular weight is 210 g/mol. The van der Waals surface area contributed by atoms with Gasteiger partial charge in [0.05, 0.1) is 6.67 Å². The first kappa shape index (κ1) is 11.4. The highest BCUT2D eigenvalue weighted by atomic mass is 15.3. The molecular weight excluding hydrogens is 184 g/mol. The Morgan fingerprint density at radius 2 is 1.33 bits per heavy atom. The molecule has 2 fully saturated rings. The lowest BCUT2D eigenvalue weighted by Gasteiger charge is -2.38. The molecule has 2 aliphatic rings. The molecule has 0 aromatic rings. The van der Waals surface area contributed by atoms with E-state index >= 15 is 0 Å². The van der Waals surface area contributed by atoms with Crippen molar-refractivity contribution in [2.75, 3.05) is 32.8 Å². The number of piperidine rings is 2. The zero-order valence-electron chi connectivity index (χ0n) is 10.4. The average Bonchev–Trinajstić information content (AvgIpc) is 2.17. The number of likely N-dealkylation sites (tertiary alicyclic amines) is 2. The van der Waals surface area contributed by atoms with Crippen LogP contribution in [0, 0.1) is 11.8 Å². The minimum Gasteiger partial charge on any atom is -0.290 e. The van der Waals surface area contributed by atoms with Gasteiger partial charge in [-0.3, -0.25) is 9.80 Å². The predicted molar refractivity (Wildman–Crippen MR) is 64.8 cm³/mol. The molecule has 2 saturated heterocycles. The molecule has 0 saturated carbocycles. The Hall–Kier alpha value is -0.0800. The zero-order valence-corrected chi connectivity index (χ0v) is 10.4. The van der Waals surface area contributed by atoms with E-state index in [-0.39, 0.29) is 0 Å². The summed E-state index contributed by atoms with van der Waals surface area (Å²) in [7, 11) is 0. The fraction of sp³-hybridized carbons (Fsp3) is 1.00. The molecule has 2 heteroatoms. The fourth-order valence-corrected chi connectivity index (χ4v) is 3.11. The van der Waals surface area contributed by atoms with E-state index < -0.39 is 0 Å². The van der Waals surface area contributed by atoms with Crippen LogP contribution in [0.15, 0.2) is 0 Å². The number of nitrogens with zero attached hydrogens (tertiary/aromatic N) is 2. The molecule has 0 aromatic carbocycles. The molecule has 2 heterocycles. The molecule has 2 rings (SSSR count). The molecule has 2 aliphatic heterocycles. The molecule has 0 aliphatic carbocycles. The molecule has 15 heavy (non-hydrogen) atoms. The summed E-state index contributed by atoms with van der Waals surface area (Å²) >= 11 is 0. The Bertz CT molecular complexity index is 173. The number of rotatable bonds is 2. The number of hydrogen-bond donors (Lipinski definition) is 0. The van der Waals surface area contributed by atoms with E-state index in [9.17, 15) is 0 Å². The zero-order chi connectivity index (χ0) is 10.7. The van der Waals surface area contributed by atoms with Crippen molar-refractivity contribution in [1.82, 2.24) is 9.80 Å². The Labute approximate surface area is 94.6 Å². The second kappa shape index (κ2) is 5.31. The van der Waals surface area contributed by atoms with E-state index in [4.69, 9.17) is 0 Å². The summed E-state index contributed by atoms with van der Waals surface area (Å²) in [6, 6.07) is 0. The van der Waals surface area contributed by atoms with Crippen molar-refractivity contribution in [2.24, 2.45) is 11.8 Å². The van der Waals surface area contributed by atoms with Crippen molar-refractivity contribution in [1.29, 1.82) is 0 Å². The lowest BCUT2D eigenvalue weighted by Crippen LogP contribution is -2.46. The van der Waals surface area contributed by atoms with Crippen molar-refractivity contribution in [2.45, 2.75) is 39.5 Å². The van der Waals surface area contributed by atoms with Crippen LogP contribution in [-0.4, -0.2) is 42.6 Å². The molecular formula is C13H26N2. The van der Waals surface area contributed by atoms with Gasteiger partial charge in [-0.25, -0.2) is 0 Å². The van der Waals surface area contributed by atoms with Gasteiger partial charge in [-0.2, -0.15) is 0 Å². The Morgan fingerprint density at radius 3 is 1.73 bits per heavy atom. The van der Waals surface area contributed by atoms with Gasteiger partial charge in [-0.1, -0.05) is 13.8 Å². The van der Waals surface area contributed by atoms with Crippen LogP contribution in [-0.2, 0) is 0 Å². The van der Waals surface area contributed by atoms with E-state index in [0.717, 1.165) is 11.8 Å². The van der Waals surface area contributed by atoms with Crippen molar-refractivity contribution in [3.05, 3.63) is 0 Å². The van der Waals surface area contributed by atoms with E-state index in [2.05, 4.69) is 23.6 Å². The molecule has 0 N–H and O–H groups in total. The van der Waals surface area contributed by atoms with Crippen LogP contribution in [0.3, 0.4) is 0 Å². The molecule has 0 aromatic heterocycles. The minimum absolute atomic E-state index is 0.918. The predicted octanol–water partition coefficient (Wildman–Crippen LogP) is 2.41. The molecule has 0 amide bonds. The maximum atomic E-state index is 2.66. The van der Waals surface area contributed by atoms with E-state index in [1.807, 2.05) is 0 Å². The second-order valence-corrected chi connectivity index (χ2v) is 5.79. The van der Waals surface area contributed by atoms with E-state index in [1.165, 1.54) is 58.5 Å². The topological polar surface area (TPSA) is 6.48 Å². The first-order valence-corrected chi connectivity index (χ1v) is 6.69. The van der Waals surface area contributed by atoms with Gasteiger partial charge in [0.15, 0.2) is 0 Å². The van der Waals surface area contributed by atoms with Gasteiger partial charge in [0, 0.05) is 13.1 Å². The Kier molecular flexibility index (Phi) is 4.04. The normalized spacial score (nSPS) is 35.6. The van der Waals surface area contributed by atoms with Crippen LogP contribution in [0.25, 0.3) is 0 Å². The molecule has 0 spiro atoms.